The van der Waals surface area contributed by atoms with Crippen LogP contribution in [0.3, 0.4) is 0 Å². The van der Waals surface area contributed by atoms with Crippen LogP contribution in [0.5, 0.6) is 0 Å². The molecule has 1 N–H and O–H groups in total. The molecule has 0 atom stereocenters. The summed E-state index contributed by atoms with van der Waals surface area (Å²) in [6, 6.07) is 6.74. The van der Waals surface area contributed by atoms with Crippen LogP contribution >= 0.6 is 0 Å². The van der Waals surface area contributed by atoms with Crippen LogP contribution in [0.2, 0.25) is 0 Å². The molecule has 0 unspecified atom stereocenters. The molecule has 0 radical (unpaired) electrons. The second kappa shape index (κ2) is 5.82. The maximum Gasteiger partial charge on any atom is -0.000835 e. The fourth-order valence-electron chi connectivity index (χ4n) is 1.49. The Bertz CT molecular complexity index is 279. The zero-order valence-electron chi connectivity index (χ0n) is 9.56. The smallest absolute Gasteiger partial charge is 0.000835 e. The number of aryl methyl sites for hydroxylation is 2. The third kappa shape index (κ3) is 3.51. The van der Waals surface area contributed by atoms with Gasteiger partial charge in [0.25, 0.3) is 0 Å². The van der Waals surface area contributed by atoms with E-state index >= 15 is 0 Å². The van der Waals surface area contributed by atoms with E-state index < -0.39 is 0 Å². The van der Waals surface area contributed by atoms with E-state index in [0.29, 0.717) is 0 Å². The maximum atomic E-state index is 3.42. The first-order chi connectivity index (χ1) is 6.74. The van der Waals surface area contributed by atoms with Gasteiger partial charge in [-0.1, -0.05) is 25.1 Å². The highest BCUT2D eigenvalue weighted by Crippen LogP contribution is 2.09. The number of hydrogen-bond acceptors (Lipinski definition) is 1. The Labute approximate surface area is 87.5 Å². The van der Waals surface area contributed by atoms with Gasteiger partial charge in [-0.2, -0.15) is 0 Å². The molecule has 0 aromatic heterocycles. The summed E-state index contributed by atoms with van der Waals surface area (Å²) < 4.78 is 0. The summed E-state index contributed by atoms with van der Waals surface area (Å²) in [4.78, 5) is 0. The zero-order chi connectivity index (χ0) is 10.4. The third-order valence-electron chi connectivity index (χ3n) is 2.59. The molecule has 78 valence electrons. The first-order valence-electron chi connectivity index (χ1n) is 5.51. The van der Waals surface area contributed by atoms with E-state index in [2.05, 4.69) is 44.3 Å². The van der Waals surface area contributed by atoms with Crippen molar-refractivity contribution in [2.45, 2.75) is 33.6 Å². The molecule has 1 heteroatoms. The highest BCUT2D eigenvalue weighted by molar-refractivity contribution is 5.29. The third-order valence-corrected chi connectivity index (χ3v) is 2.59. The van der Waals surface area contributed by atoms with Crippen molar-refractivity contribution in [3.8, 4) is 0 Å². The van der Waals surface area contributed by atoms with Gasteiger partial charge in [0, 0.05) is 0 Å². The van der Waals surface area contributed by atoms with Gasteiger partial charge >= 0.3 is 0 Å². The lowest BCUT2D eigenvalue weighted by Crippen LogP contribution is -2.17. The van der Waals surface area contributed by atoms with Crippen molar-refractivity contribution in [1.82, 2.24) is 5.32 Å². The maximum absolute atomic E-state index is 3.42. The van der Waals surface area contributed by atoms with Crippen molar-refractivity contribution < 1.29 is 0 Å². The molecule has 1 aromatic carbocycles. The van der Waals surface area contributed by atoms with Gasteiger partial charge < -0.3 is 5.32 Å². The molecular formula is C13H21N. The minimum absolute atomic E-state index is 1.09. The fraction of sp³-hybridized carbons (Fsp3) is 0.538. The van der Waals surface area contributed by atoms with E-state index in [1.54, 1.807) is 0 Å². The first-order valence-corrected chi connectivity index (χ1v) is 5.51. The number of benzene rings is 1. The molecular weight excluding hydrogens is 170 g/mol. The summed E-state index contributed by atoms with van der Waals surface area (Å²) >= 11 is 0. The second-order valence-corrected chi connectivity index (χ2v) is 3.92. The van der Waals surface area contributed by atoms with Gasteiger partial charge in [0.1, 0.15) is 0 Å². The second-order valence-electron chi connectivity index (χ2n) is 3.92. The van der Waals surface area contributed by atoms with E-state index in [-0.39, 0.29) is 0 Å². The van der Waals surface area contributed by atoms with Crippen LogP contribution < -0.4 is 5.32 Å². The van der Waals surface area contributed by atoms with E-state index in [9.17, 15) is 0 Å². The molecule has 0 saturated heterocycles. The summed E-state index contributed by atoms with van der Waals surface area (Å²) in [6.45, 7) is 8.76. The standard InChI is InChI=1S/C13H21N/c1-4-8-14-9-7-13-6-5-11(2)12(3)10-13/h5-6,10,14H,4,7-9H2,1-3H3. The Kier molecular flexibility index (Phi) is 4.68. The minimum Gasteiger partial charge on any atom is -0.316 e. The molecule has 0 aliphatic rings. The van der Waals surface area contributed by atoms with Crippen molar-refractivity contribution in [2.75, 3.05) is 13.1 Å². The molecule has 0 saturated carbocycles. The summed E-state index contributed by atoms with van der Waals surface area (Å²) in [5.41, 5.74) is 4.23. The number of hydrogen-bond donors (Lipinski definition) is 1. The Morgan fingerprint density at radius 1 is 1.07 bits per heavy atom. The summed E-state index contributed by atoms with van der Waals surface area (Å²) in [5, 5.41) is 3.42. The minimum atomic E-state index is 1.09. The van der Waals surface area contributed by atoms with Crippen molar-refractivity contribution >= 4 is 0 Å². The molecule has 0 amide bonds. The lowest BCUT2D eigenvalue weighted by Gasteiger charge is -2.06. The zero-order valence-corrected chi connectivity index (χ0v) is 9.56. The molecule has 14 heavy (non-hydrogen) atoms. The van der Waals surface area contributed by atoms with Crippen LogP contribution in [-0.4, -0.2) is 13.1 Å². The molecule has 1 nitrogen and oxygen atoms in total. The largest absolute Gasteiger partial charge is 0.316 e. The van der Waals surface area contributed by atoms with Crippen LogP contribution in [0, 0.1) is 13.8 Å². The topological polar surface area (TPSA) is 12.0 Å². The Morgan fingerprint density at radius 2 is 1.86 bits per heavy atom. The Balaban J connectivity index is 2.39. The SMILES string of the molecule is CCCNCCc1ccc(C)c(C)c1. The predicted octanol–water partition coefficient (Wildman–Crippen LogP) is 2.85. The fourth-order valence-corrected chi connectivity index (χ4v) is 1.49. The monoisotopic (exact) mass is 191 g/mol. The average molecular weight is 191 g/mol. The Hall–Kier alpha value is -0.820. The van der Waals surface area contributed by atoms with Gasteiger partial charge in [-0.25, -0.2) is 0 Å². The van der Waals surface area contributed by atoms with Gasteiger partial charge in [0.15, 0.2) is 0 Å². The van der Waals surface area contributed by atoms with Crippen molar-refractivity contribution in [3.63, 3.8) is 0 Å². The summed E-state index contributed by atoms with van der Waals surface area (Å²) in [5.74, 6) is 0. The molecule has 0 fully saturated rings. The molecule has 0 bridgehead atoms. The summed E-state index contributed by atoms with van der Waals surface area (Å²) in [7, 11) is 0. The normalized spacial score (nSPS) is 10.5. The van der Waals surface area contributed by atoms with Crippen LogP contribution in [0.25, 0.3) is 0 Å². The molecule has 1 aromatic rings. The molecule has 0 aliphatic heterocycles. The van der Waals surface area contributed by atoms with Gasteiger partial charge in [-0.05, 0) is 56.5 Å². The van der Waals surface area contributed by atoms with Crippen molar-refractivity contribution in [3.05, 3.63) is 34.9 Å². The molecule has 0 spiro atoms. The molecule has 0 aliphatic carbocycles. The lowest BCUT2D eigenvalue weighted by atomic mass is 10.0. The number of rotatable bonds is 5. The van der Waals surface area contributed by atoms with Gasteiger partial charge in [0.2, 0.25) is 0 Å². The highest BCUT2D eigenvalue weighted by atomic mass is 14.8. The first kappa shape index (κ1) is 11.3. The quantitative estimate of drug-likeness (QED) is 0.706. The van der Waals surface area contributed by atoms with E-state index in [1.165, 1.54) is 23.1 Å². The van der Waals surface area contributed by atoms with Gasteiger partial charge in [-0.15, -0.1) is 0 Å². The van der Waals surface area contributed by atoms with Gasteiger partial charge in [-0.3, -0.25) is 0 Å². The van der Waals surface area contributed by atoms with Gasteiger partial charge in [0.05, 0.1) is 0 Å². The lowest BCUT2D eigenvalue weighted by molar-refractivity contribution is 0.671. The highest BCUT2D eigenvalue weighted by Gasteiger charge is 1.95. The van der Waals surface area contributed by atoms with Crippen molar-refractivity contribution in [2.24, 2.45) is 0 Å². The van der Waals surface area contributed by atoms with Crippen molar-refractivity contribution in [1.29, 1.82) is 0 Å². The van der Waals surface area contributed by atoms with E-state index in [1.807, 2.05) is 0 Å². The average Bonchev–Trinajstić information content (AvgIpc) is 2.18. The molecule has 0 heterocycles. The summed E-state index contributed by atoms with van der Waals surface area (Å²) in [6.07, 6.45) is 2.36. The van der Waals surface area contributed by atoms with Crippen LogP contribution in [-0.2, 0) is 6.42 Å². The Morgan fingerprint density at radius 3 is 2.50 bits per heavy atom. The van der Waals surface area contributed by atoms with E-state index in [0.717, 1.165) is 19.5 Å². The van der Waals surface area contributed by atoms with Crippen LogP contribution in [0.4, 0.5) is 0 Å². The van der Waals surface area contributed by atoms with Crippen LogP contribution in [0.15, 0.2) is 18.2 Å². The predicted molar refractivity (Wildman–Crippen MR) is 62.8 cm³/mol. The van der Waals surface area contributed by atoms with Crippen LogP contribution in [0.1, 0.15) is 30.0 Å². The molecule has 1 rings (SSSR count). The number of nitrogens with one attached hydrogen (secondary N) is 1. The van der Waals surface area contributed by atoms with E-state index in [4.69, 9.17) is 0 Å².